The molecule has 4 aromatic heterocycles. The summed E-state index contributed by atoms with van der Waals surface area (Å²) < 4.78 is 0. The highest BCUT2D eigenvalue weighted by molar-refractivity contribution is 5.74. The molecular formula is C27H19N5. The number of hydrogen-bond donors (Lipinski definition) is 4. The van der Waals surface area contributed by atoms with Crippen LogP contribution >= 0.6 is 0 Å². The van der Waals surface area contributed by atoms with E-state index in [1.165, 1.54) is 0 Å². The summed E-state index contributed by atoms with van der Waals surface area (Å²) in [6, 6.07) is 24.7. The topological polar surface area (TPSA) is 86.9 Å². The normalized spacial score (nSPS) is 12.1. The molecule has 0 atom stereocenters. The molecule has 0 unspecified atom stereocenters. The van der Waals surface area contributed by atoms with Crippen molar-refractivity contribution in [1.82, 2.24) is 19.9 Å². The Hall–Kier alpha value is -4.69. The maximum atomic E-state index is 10.1. The summed E-state index contributed by atoms with van der Waals surface area (Å²) in [4.78, 5) is 13.8. The number of nitrogens with one attached hydrogen (secondary N) is 4. The lowest BCUT2D eigenvalue weighted by Crippen LogP contribution is -2.12. The Morgan fingerprint density at radius 2 is 1.09 bits per heavy atom. The highest BCUT2D eigenvalue weighted by Gasteiger charge is 2.12. The third-order valence-corrected chi connectivity index (χ3v) is 5.65. The lowest BCUT2D eigenvalue weighted by atomic mass is 10.0. The van der Waals surface area contributed by atoms with Gasteiger partial charge in [-0.1, -0.05) is 30.3 Å². The minimum absolute atomic E-state index is 0.624. The number of rotatable bonds is 1. The van der Waals surface area contributed by atoms with E-state index >= 15 is 0 Å². The smallest absolute Gasteiger partial charge is 0.102 e. The molecule has 0 amide bonds. The Kier molecular flexibility index (Phi) is 4.09. The maximum absolute atomic E-state index is 10.1. The summed E-state index contributed by atoms with van der Waals surface area (Å²) in [5, 5.41) is 13.8. The fraction of sp³-hybridized carbons (Fsp3) is 0. The molecule has 0 spiro atoms. The Morgan fingerprint density at radius 1 is 0.531 bits per heavy atom. The molecule has 6 rings (SSSR count). The van der Waals surface area contributed by atoms with E-state index < -0.39 is 0 Å². The van der Waals surface area contributed by atoms with Crippen LogP contribution in [0.25, 0.3) is 35.4 Å². The number of H-pyrrole nitrogens is 4. The number of aromatic nitrogens is 4. The van der Waals surface area contributed by atoms with Crippen LogP contribution < -0.4 is 21.4 Å². The van der Waals surface area contributed by atoms with E-state index in [4.69, 9.17) is 0 Å². The molecule has 0 saturated heterocycles. The van der Waals surface area contributed by atoms with Crippen LogP contribution in [0.2, 0.25) is 0 Å². The first-order valence-corrected chi connectivity index (χ1v) is 10.4. The molecule has 5 heteroatoms. The van der Waals surface area contributed by atoms with E-state index in [-0.39, 0.29) is 0 Å². The van der Waals surface area contributed by atoms with Gasteiger partial charge < -0.3 is 19.9 Å². The van der Waals surface area contributed by atoms with E-state index in [1.54, 1.807) is 0 Å². The van der Waals surface area contributed by atoms with Gasteiger partial charge in [0.15, 0.2) is 0 Å². The molecule has 0 saturated carbocycles. The van der Waals surface area contributed by atoms with Crippen molar-refractivity contribution >= 4 is 24.3 Å². The summed E-state index contributed by atoms with van der Waals surface area (Å²) in [5.74, 6) is 0. The maximum Gasteiger partial charge on any atom is 0.102 e. The number of nitrogens with zero attached hydrogens (tertiary/aromatic N) is 1. The van der Waals surface area contributed by atoms with Crippen molar-refractivity contribution in [2.24, 2.45) is 0 Å². The number of hydrogen-bond acceptors (Lipinski definition) is 1. The summed E-state index contributed by atoms with van der Waals surface area (Å²) in [6.45, 7) is 0. The van der Waals surface area contributed by atoms with Gasteiger partial charge in [0.05, 0.1) is 10.9 Å². The third-order valence-electron chi connectivity index (χ3n) is 5.65. The van der Waals surface area contributed by atoms with Gasteiger partial charge in [-0.2, -0.15) is 5.26 Å². The fourth-order valence-corrected chi connectivity index (χ4v) is 4.22. The molecule has 5 heterocycles. The second kappa shape index (κ2) is 7.22. The zero-order valence-corrected chi connectivity index (χ0v) is 17.1. The van der Waals surface area contributed by atoms with Crippen LogP contribution in [0.5, 0.6) is 0 Å². The molecule has 0 fully saturated rings. The monoisotopic (exact) mass is 413 g/mol. The Bertz CT molecular complexity index is 1730. The zero-order chi connectivity index (χ0) is 21.5. The van der Waals surface area contributed by atoms with Gasteiger partial charge in [0.2, 0.25) is 0 Å². The van der Waals surface area contributed by atoms with E-state index in [1.807, 2.05) is 60.7 Å². The van der Waals surface area contributed by atoms with E-state index in [0.29, 0.717) is 5.56 Å². The van der Waals surface area contributed by atoms with Crippen LogP contribution in [0.1, 0.15) is 28.3 Å². The standard InChI is InChI=1S/C27H19N5/c28-16-24-25-14-22-10-8-20(30-22)12-18-6-7-19(29-18)13-21-9-11-23(31-21)15-26(32-25)27(24)17-4-2-1-3-5-17/h1-15,29-32H. The molecule has 1 aliphatic rings. The molecule has 0 aliphatic carbocycles. The van der Waals surface area contributed by atoms with E-state index in [2.05, 4.69) is 56.4 Å². The molecule has 5 nitrogen and oxygen atoms in total. The molecular weight excluding hydrogens is 394 g/mol. The third kappa shape index (κ3) is 3.21. The Morgan fingerprint density at radius 3 is 1.69 bits per heavy atom. The number of aromatic amines is 4. The second-order valence-electron chi connectivity index (χ2n) is 7.86. The van der Waals surface area contributed by atoms with Crippen LogP contribution in [0.4, 0.5) is 0 Å². The number of benzene rings is 1. The van der Waals surface area contributed by atoms with Crippen LogP contribution in [0, 0.1) is 11.3 Å². The van der Waals surface area contributed by atoms with Crippen molar-refractivity contribution in [2.45, 2.75) is 0 Å². The molecule has 4 N–H and O–H groups in total. The first kappa shape index (κ1) is 18.1. The Labute approximate surface area is 183 Å². The fourth-order valence-electron chi connectivity index (χ4n) is 4.22. The minimum Gasteiger partial charge on any atom is -0.355 e. The summed E-state index contributed by atoms with van der Waals surface area (Å²) in [5.41, 5.74) is 6.39. The predicted molar refractivity (Wildman–Crippen MR) is 126 cm³/mol. The van der Waals surface area contributed by atoms with Crippen molar-refractivity contribution in [3.05, 3.63) is 116 Å². The molecule has 1 aromatic carbocycles. The van der Waals surface area contributed by atoms with Crippen LogP contribution in [0.3, 0.4) is 0 Å². The number of fused-ring (bicyclic) bond motifs is 8. The first-order chi connectivity index (χ1) is 15.7. The van der Waals surface area contributed by atoms with Gasteiger partial charge in [-0.25, -0.2) is 0 Å². The lowest BCUT2D eigenvalue weighted by Gasteiger charge is -1.99. The average molecular weight is 413 g/mol. The number of nitriles is 1. The van der Waals surface area contributed by atoms with Gasteiger partial charge in [0, 0.05) is 44.4 Å². The molecule has 0 radical (unpaired) electrons. The first-order valence-electron chi connectivity index (χ1n) is 10.4. The zero-order valence-electron chi connectivity index (χ0n) is 17.1. The van der Waals surface area contributed by atoms with Gasteiger partial charge in [-0.05, 0) is 66.3 Å². The molecule has 5 aromatic rings. The van der Waals surface area contributed by atoms with Crippen LogP contribution in [-0.4, -0.2) is 19.9 Å². The van der Waals surface area contributed by atoms with Gasteiger partial charge in [-0.3, -0.25) is 0 Å². The highest BCUT2D eigenvalue weighted by Crippen LogP contribution is 2.18. The van der Waals surface area contributed by atoms with Gasteiger partial charge >= 0.3 is 0 Å². The Balaban J connectivity index is 1.70. The predicted octanol–water partition coefficient (Wildman–Crippen LogP) is 2.17. The van der Waals surface area contributed by atoms with Gasteiger partial charge in [0.1, 0.15) is 6.07 Å². The van der Waals surface area contributed by atoms with Crippen molar-refractivity contribution < 1.29 is 0 Å². The quantitative estimate of drug-likeness (QED) is 0.327. The van der Waals surface area contributed by atoms with Crippen LogP contribution in [0.15, 0.2) is 66.7 Å². The SMILES string of the molecule is N#Cc1c(-c2ccccc2)c2[nH]c1=Cc1ccc([nH]1)C=c1ccc([nH]1)=Cc1ccc([nH]1)C=2. The molecule has 1 aliphatic heterocycles. The van der Waals surface area contributed by atoms with Gasteiger partial charge in [-0.15, -0.1) is 0 Å². The minimum atomic E-state index is 0.624. The van der Waals surface area contributed by atoms with Gasteiger partial charge in [0.25, 0.3) is 0 Å². The average Bonchev–Trinajstić information content (AvgIpc) is 3.58. The van der Waals surface area contributed by atoms with E-state index in [0.717, 1.165) is 55.3 Å². The van der Waals surface area contributed by atoms with Crippen molar-refractivity contribution in [3.63, 3.8) is 0 Å². The van der Waals surface area contributed by atoms with Crippen molar-refractivity contribution in [1.29, 1.82) is 5.26 Å². The van der Waals surface area contributed by atoms with Crippen molar-refractivity contribution in [2.75, 3.05) is 0 Å². The molecule has 32 heavy (non-hydrogen) atoms. The summed E-state index contributed by atoms with van der Waals surface area (Å²) >= 11 is 0. The largest absolute Gasteiger partial charge is 0.355 e. The van der Waals surface area contributed by atoms with Crippen LogP contribution in [-0.2, 0) is 0 Å². The van der Waals surface area contributed by atoms with Crippen molar-refractivity contribution in [3.8, 4) is 17.2 Å². The highest BCUT2D eigenvalue weighted by atomic mass is 14.8. The second-order valence-corrected chi connectivity index (χ2v) is 7.86. The molecule has 152 valence electrons. The van der Waals surface area contributed by atoms with E-state index in [9.17, 15) is 5.26 Å². The summed E-state index contributed by atoms with van der Waals surface area (Å²) in [6.07, 6.45) is 8.18. The lowest BCUT2D eigenvalue weighted by molar-refractivity contribution is 1.23. The summed E-state index contributed by atoms with van der Waals surface area (Å²) in [7, 11) is 0. The molecule has 8 bridgehead atoms.